The molecule has 0 saturated carbocycles. The van der Waals surface area contributed by atoms with Crippen molar-refractivity contribution < 1.29 is 9.72 Å². The van der Waals surface area contributed by atoms with Crippen LogP contribution < -0.4 is 4.90 Å². The average Bonchev–Trinajstić information content (AvgIpc) is 2.58. The van der Waals surface area contributed by atoms with Gasteiger partial charge in [0.1, 0.15) is 0 Å². The minimum absolute atomic E-state index is 0.00238. The molecule has 122 valence electrons. The fourth-order valence-corrected chi connectivity index (χ4v) is 2.61. The van der Waals surface area contributed by atoms with Gasteiger partial charge in [-0.3, -0.25) is 15.0 Å². The van der Waals surface area contributed by atoms with Gasteiger partial charge >= 0.3 is 6.03 Å². The molecule has 0 fully saturated rings. The van der Waals surface area contributed by atoms with Crippen LogP contribution in [0.2, 0.25) is 0 Å². The van der Waals surface area contributed by atoms with Crippen molar-refractivity contribution in [1.82, 2.24) is 4.90 Å². The zero-order valence-electron chi connectivity index (χ0n) is 13.5. The van der Waals surface area contributed by atoms with Crippen molar-refractivity contribution >= 4 is 23.1 Å². The maximum Gasteiger partial charge on any atom is 0.329 e. The summed E-state index contributed by atoms with van der Waals surface area (Å²) in [6, 6.07) is 13.8. The Labute approximate surface area is 139 Å². The first-order valence-corrected chi connectivity index (χ1v) is 7.54. The molecular weight excluding hydrogens is 306 g/mol. The molecule has 2 aromatic carbocycles. The largest absolute Gasteiger partial charge is 0.329 e. The van der Waals surface area contributed by atoms with Gasteiger partial charge in [0.25, 0.3) is 5.69 Å². The van der Waals surface area contributed by atoms with Gasteiger partial charge < -0.3 is 4.90 Å². The fourth-order valence-electron chi connectivity index (χ4n) is 2.61. The monoisotopic (exact) mass is 323 g/mol. The number of amides is 2. The van der Waals surface area contributed by atoms with Gasteiger partial charge in [0.2, 0.25) is 0 Å². The van der Waals surface area contributed by atoms with Crippen molar-refractivity contribution in [1.29, 1.82) is 0 Å². The summed E-state index contributed by atoms with van der Waals surface area (Å²) in [5.41, 5.74) is 3.45. The predicted molar refractivity (Wildman–Crippen MR) is 92.8 cm³/mol. The third-order valence-corrected chi connectivity index (χ3v) is 3.98. The van der Waals surface area contributed by atoms with Crippen LogP contribution in [0, 0.1) is 17.0 Å². The minimum atomic E-state index is -0.454. The van der Waals surface area contributed by atoms with Gasteiger partial charge in [-0.25, -0.2) is 4.79 Å². The lowest BCUT2D eigenvalue weighted by Gasteiger charge is -2.34. The molecule has 0 unspecified atom stereocenters. The summed E-state index contributed by atoms with van der Waals surface area (Å²) in [6.07, 6.45) is 1.98. The van der Waals surface area contributed by atoms with Crippen LogP contribution in [0.25, 0.3) is 5.70 Å². The van der Waals surface area contributed by atoms with Crippen LogP contribution in [-0.4, -0.2) is 29.4 Å². The second-order valence-corrected chi connectivity index (χ2v) is 5.73. The second kappa shape index (κ2) is 6.16. The second-order valence-electron chi connectivity index (χ2n) is 5.73. The molecular formula is C18H17N3O3. The van der Waals surface area contributed by atoms with E-state index in [0.717, 1.165) is 16.8 Å². The summed E-state index contributed by atoms with van der Waals surface area (Å²) in [6.45, 7) is 2.53. The number of hydrogen-bond acceptors (Lipinski definition) is 3. The molecule has 24 heavy (non-hydrogen) atoms. The Morgan fingerprint density at radius 2 is 1.67 bits per heavy atom. The molecule has 1 aliphatic heterocycles. The van der Waals surface area contributed by atoms with Crippen LogP contribution in [0.1, 0.15) is 11.1 Å². The number of nitro groups is 1. The number of rotatable bonds is 3. The Bertz CT molecular complexity index is 810. The van der Waals surface area contributed by atoms with Crippen LogP contribution in [0.15, 0.2) is 54.6 Å². The number of hydrogen-bond donors (Lipinski definition) is 0. The number of carbonyl (C=O) groups is 1. The number of carbonyl (C=O) groups excluding carboxylic acids is 1. The van der Waals surface area contributed by atoms with Gasteiger partial charge in [0, 0.05) is 25.7 Å². The number of benzene rings is 2. The summed E-state index contributed by atoms with van der Waals surface area (Å²) in [5.74, 6) is 0. The Morgan fingerprint density at radius 1 is 1.04 bits per heavy atom. The molecule has 0 bridgehead atoms. The van der Waals surface area contributed by atoms with Crippen LogP contribution in [0.4, 0.5) is 16.2 Å². The van der Waals surface area contributed by atoms with Crippen LogP contribution in [-0.2, 0) is 0 Å². The molecule has 0 saturated heterocycles. The van der Waals surface area contributed by atoms with Crippen molar-refractivity contribution in [3.05, 3.63) is 75.8 Å². The van der Waals surface area contributed by atoms with Gasteiger partial charge in [-0.05, 0) is 30.7 Å². The molecule has 0 aromatic heterocycles. The predicted octanol–water partition coefficient (Wildman–Crippen LogP) is 3.82. The molecule has 1 heterocycles. The maximum atomic E-state index is 12.7. The number of urea groups is 1. The quantitative estimate of drug-likeness (QED) is 0.637. The van der Waals surface area contributed by atoms with Crippen LogP contribution >= 0.6 is 0 Å². The molecule has 1 aliphatic rings. The summed E-state index contributed by atoms with van der Waals surface area (Å²) in [4.78, 5) is 26.2. The lowest BCUT2D eigenvalue weighted by molar-refractivity contribution is -0.384. The molecule has 0 N–H and O–H groups in total. The molecule has 0 atom stereocenters. The Balaban J connectivity index is 2.04. The Hall–Kier alpha value is -3.15. The molecule has 0 radical (unpaired) electrons. The molecule has 3 rings (SSSR count). The van der Waals surface area contributed by atoms with E-state index in [1.807, 2.05) is 37.3 Å². The first-order chi connectivity index (χ1) is 11.5. The molecule has 6 heteroatoms. The Morgan fingerprint density at radius 3 is 2.25 bits per heavy atom. The number of anilines is 1. The van der Waals surface area contributed by atoms with E-state index in [9.17, 15) is 14.9 Å². The van der Waals surface area contributed by atoms with E-state index >= 15 is 0 Å². The third kappa shape index (κ3) is 2.86. The first kappa shape index (κ1) is 15.7. The van der Waals surface area contributed by atoms with E-state index in [1.54, 1.807) is 29.0 Å². The van der Waals surface area contributed by atoms with E-state index in [4.69, 9.17) is 0 Å². The van der Waals surface area contributed by atoms with Crippen molar-refractivity contribution in [2.24, 2.45) is 0 Å². The smallest absolute Gasteiger partial charge is 0.323 e. The normalized spacial score (nSPS) is 14.6. The topological polar surface area (TPSA) is 66.7 Å². The van der Waals surface area contributed by atoms with Crippen molar-refractivity contribution in [2.75, 3.05) is 18.5 Å². The lowest BCUT2D eigenvalue weighted by Crippen LogP contribution is -2.44. The van der Waals surface area contributed by atoms with Crippen LogP contribution in [0.5, 0.6) is 0 Å². The van der Waals surface area contributed by atoms with Gasteiger partial charge in [-0.2, -0.15) is 0 Å². The minimum Gasteiger partial charge on any atom is -0.323 e. The van der Waals surface area contributed by atoms with Crippen molar-refractivity contribution in [3.8, 4) is 0 Å². The third-order valence-electron chi connectivity index (χ3n) is 3.98. The average molecular weight is 323 g/mol. The Kier molecular flexibility index (Phi) is 4.04. The summed E-state index contributed by atoms with van der Waals surface area (Å²) >= 11 is 0. The zero-order valence-corrected chi connectivity index (χ0v) is 13.5. The highest BCUT2D eigenvalue weighted by Gasteiger charge is 2.28. The number of likely N-dealkylation sites (N-methyl/N-ethyl adjacent to an activating group) is 1. The van der Waals surface area contributed by atoms with Gasteiger partial charge in [-0.15, -0.1) is 0 Å². The molecule has 0 aliphatic carbocycles. The molecule has 2 aromatic rings. The fraction of sp³-hybridized carbons (Fsp3) is 0.167. The molecule has 2 amide bonds. The summed E-state index contributed by atoms with van der Waals surface area (Å²) in [5, 5.41) is 10.8. The number of aryl methyl sites for hydroxylation is 1. The van der Waals surface area contributed by atoms with Crippen molar-refractivity contribution in [3.63, 3.8) is 0 Å². The summed E-state index contributed by atoms with van der Waals surface area (Å²) in [7, 11) is 1.73. The van der Waals surface area contributed by atoms with E-state index in [1.165, 1.54) is 12.1 Å². The van der Waals surface area contributed by atoms with E-state index < -0.39 is 4.92 Å². The van der Waals surface area contributed by atoms with Crippen LogP contribution in [0.3, 0.4) is 0 Å². The highest BCUT2D eigenvalue weighted by atomic mass is 16.6. The molecule has 6 nitrogen and oxygen atoms in total. The summed E-state index contributed by atoms with van der Waals surface area (Å²) < 4.78 is 0. The van der Waals surface area contributed by atoms with E-state index in [-0.39, 0.29) is 11.7 Å². The SMILES string of the molecule is Cc1ccc(C2=CCN(C)C(=O)N2c2ccc([N+](=O)[O-])cc2)cc1. The van der Waals surface area contributed by atoms with Gasteiger partial charge in [0.15, 0.2) is 0 Å². The number of nitro benzene ring substituents is 1. The van der Waals surface area contributed by atoms with Crippen molar-refractivity contribution in [2.45, 2.75) is 6.92 Å². The maximum absolute atomic E-state index is 12.7. The number of non-ortho nitro benzene ring substituents is 1. The lowest BCUT2D eigenvalue weighted by atomic mass is 10.1. The van der Waals surface area contributed by atoms with Gasteiger partial charge in [0.05, 0.1) is 16.3 Å². The standard InChI is InChI=1S/C18H17N3O3/c1-13-3-5-14(6-4-13)17-11-12-19(2)18(22)20(17)15-7-9-16(10-8-15)21(23)24/h3-11H,12H2,1-2H3. The highest BCUT2D eigenvalue weighted by molar-refractivity contribution is 6.06. The van der Waals surface area contributed by atoms with Gasteiger partial charge in [-0.1, -0.05) is 29.8 Å². The first-order valence-electron chi connectivity index (χ1n) is 7.54. The molecule has 0 spiro atoms. The van der Waals surface area contributed by atoms with E-state index in [0.29, 0.717) is 12.2 Å². The zero-order chi connectivity index (χ0) is 17.3. The number of nitrogens with zero attached hydrogens (tertiary/aromatic N) is 3. The van der Waals surface area contributed by atoms with E-state index in [2.05, 4.69) is 0 Å². The highest BCUT2D eigenvalue weighted by Crippen LogP contribution is 2.31.